The quantitative estimate of drug-likeness (QED) is 0.563. The normalized spacial score (nSPS) is 57.5. The van der Waals surface area contributed by atoms with Crippen LogP contribution in [0.1, 0.15) is 20.3 Å². The monoisotopic (exact) mass is 150 g/mol. The molecular weight excluding hydrogens is 136 g/mol. The van der Waals surface area contributed by atoms with Crippen LogP contribution in [-0.4, -0.2) is 11.7 Å². The maximum atomic E-state index is 9.08. The zero-order valence-electron chi connectivity index (χ0n) is 7.09. The maximum absolute atomic E-state index is 9.08. The van der Waals surface area contributed by atoms with Crippen molar-refractivity contribution in [2.45, 2.75) is 20.3 Å². The highest BCUT2D eigenvalue weighted by molar-refractivity contribution is 5.53. The van der Waals surface area contributed by atoms with E-state index in [1.807, 2.05) is 0 Å². The Bertz CT molecular complexity index is 266. The summed E-state index contributed by atoms with van der Waals surface area (Å²) in [5, 5.41) is 9.08. The molecular formula is C10H14O. The molecule has 0 aliphatic heterocycles. The van der Waals surface area contributed by atoms with E-state index in [0.29, 0.717) is 12.0 Å². The fourth-order valence-corrected chi connectivity index (χ4v) is 4.00. The molecule has 60 valence electrons. The first-order chi connectivity index (χ1) is 5.21. The minimum Gasteiger partial charge on any atom is -0.392 e. The third kappa shape index (κ3) is 0.365. The van der Waals surface area contributed by atoms with Crippen molar-refractivity contribution < 1.29 is 5.11 Å². The average molecular weight is 150 g/mol. The number of aliphatic hydroxyl groups is 1. The van der Waals surface area contributed by atoms with E-state index in [-0.39, 0.29) is 0 Å². The van der Waals surface area contributed by atoms with Gasteiger partial charge in [0.05, 0.1) is 6.61 Å². The highest BCUT2D eigenvalue weighted by Crippen LogP contribution is 2.79. The van der Waals surface area contributed by atoms with Crippen LogP contribution in [0.3, 0.4) is 0 Å². The van der Waals surface area contributed by atoms with Gasteiger partial charge in [0.1, 0.15) is 0 Å². The molecule has 2 saturated carbocycles. The standard InChI is InChI=1S/C10H14O/c1-5-7-3-8-6(4-11)9(5)10(7,8)2/h5,7-8,11H,3-4H2,1-2H3. The van der Waals surface area contributed by atoms with E-state index >= 15 is 0 Å². The summed E-state index contributed by atoms with van der Waals surface area (Å²) in [5.74, 6) is 2.55. The van der Waals surface area contributed by atoms with Gasteiger partial charge >= 0.3 is 0 Å². The number of hydrogen-bond donors (Lipinski definition) is 1. The summed E-state index contributed by atoms with van der Waals surface area (Å²) >= 11 is 0. The smallest absolute Gasteiger partial charge is 0.0647 e. The summed E-state index contributed by atoms with van der Waals surface area (Å²) in [6.45, 7) is 5.01. The van der Waals surface area contributed by atoms with E-state index < -0.39 is 0 Å². The number of rotatable bonds is 1. The van der Waals surface area contributed by atoms with Gasteiger partial charge in [-0.25, -0.2) is 0 Å². The lowest BCUT2D eigenvalue weighted by atomic mass is 9.28. The number of hydrogen-bond acceptors (Lipinski definition) is 1. The molecule has 1 N–H and O–H groups in total. The molecule has 11 heavy (non-hydrogen) atoms. The van der Waals surface area contributed by atoms with Gasteiger partial charge in [0.2, 0.25) is 0 Å². The first-order valence-corrected chi connectivity index (χ1v) is 4.55. The minimum atomic E-state index is 0.326. The Balaban J connectivity index is 2.08. The van der Waals surface area contributed by atoms with Gasteiger partial charge in [0.15, 0.2) is 0 Å². The number of allylic oxidation sites excluding steroid dienone is 1. The van der Waals surface area contributed by atoms with Crippen LogP contribution in [0.4, 0.5) is 0 Å². The lowest BCUT2D eigenvalue weighted by Crippen LogP contribution is -2.69. The Kier molecular flexibility index (Phi) is 0.809. The van der Waals surface area contributed by atoms with Gasteiger partial charge in [-0.15, -0.1) is 0 Å². The van der Waals surface area contributed by atoms with Crippen LogP contribution in [0, 0.1) is 23.2 Å². The number of aliphatic hydroxyl groups excluding tert-OH is 1. The minimum absolute atomic E-state index is 0.326. The van der Waals surface area contributed by atoms with Gasteiger partial charge < -0.3 is 5.11 Å². The first kappa shape index (κ1) is 6.24. The Hall–Kier alpha value is -0.300. The molecule has 0 aromatic heterocycles. The van der Waals surface area contributed by atoms with E-state index in [1.165, 1.54) is 12.0 Å². The predicted octanol–water partition coefficient (Wildman–Crippen LogP) is 1.58. The topological polar surface area (TPSA) is 20.2 Å². The Morgan fingerprint density at radius 1 is 1.64 bits per heavy atom. The zero-order chi connectivity index (χ0) is 7.80. The fraction of sp³-hybridized carbons (Fsp3) is 0.800. The van der Waals surface area contributed by atoms with Crippen molar-refractivity contribution >= 4 is 0 Å². The molecule has 0 saturated heterocycles. The third-order valence-corrected chi connectivity index (χ3v) is 4.56. The molecule has 3 aliphatic carbocycles. The third-order valence-electron chi connectivity index (χ3n) is 4.56. The average Bonchev–Trinajstić information content (AvgIpc) is 2.03. The Morgan fingerprint density at radius 3 is 2.73 bits per heavy atom. The first-order valence-electron chi connectivity index (χ1n) is 4.55. The summed E-state index contributed by atoms with van der Waals surface area (Å²) in [4.78, 5) is 0. The van der Waals surface area contributed by atoms with Crippen LogP contribution in [0.2, 0.25) is 0 Å². The SMILES string of the molecule is CC1C2=C(CO)C3CC1C23C. The van der Waals surface area contributed by atoms with E-state index in [2.05, 4.69) is 13.8 Å². The molecule has 1 heteroatoms. The van der Waals surface area contributed by atoms with Gasteiger partial charge in [0, 0.05) is 0 Å². The molecule has 0 spiro atoms. The van der Waals surface area contributed by atoms with Gasteiger partial charge in [-0.2, -0.15) is 0 Å². The van der Waals surface area contributed by atoms with E-state index in [9.17, 15) is 0 Å². The van der Waals surface area contributed by atoms with Crippen molar-refractivity contribution in [1.29, 1.82) is 0 Å². The highest BCUT2D eigenvalue weighted by atomic mass is 16.3. The summed E-state index contributed by atoms with van der Waals surface area (Å²) in [6.07, 6.45) is 1.36. The van der Waals surface area contributed by atoms with Gasteiger partial charge in [-0.05, 0) is 35.2 Å². The molecule has 1 nitrogen and oxygen atoms in total. The van der Waals surface area contributed by atoms with Crippen LogP contribution < -0.4 is 0 Å². The van der Waals surface area contributed by atoms with Crippen LogP contribution in [0.5, 0.6) is 0 Å². The van der Waals surface area contributed by atoms with Gasteiger partial charge in [-0.3, -0.25) is 0 Å². The van der Waals surface area contributed by atoms with Crippen LogP contribution in [0.15, 0.2) is 11.1 Å². The van der Waals surface area contributed by atoms with E-state index in [1.54, 1.807) is 5.57 Å². The van der Waals surface area contributed by atoms with Crippen molar-refractivity contribution in [3.63, 3.8) is 0 Å². The maximum Gasteiger partial charge on any atom is 0.0647 e. The second-order valence-corrected chi connectivity index (χ2v) is 4.56. The molecule has 4 atom stereocenters. The van der Waals surface area contributed by atoms with E-state index in [4.69, 9.17) is 5.11 Å². The molecule has 0 bridgehead atoms. The summed E-state index contributed by atoms with van der Waals surface area (Å²) < 4.78 is 0. The molecule has 3 rings (SSSR count). The van der Waals surface area contributed by atoms with Crippen LogP contribution in [-0.2, 0) is 0 Å². The Labute approximate surface area is 67.1 Å². The molecule has 0 aromatic rings. The predicted molar refractivity (Wildman–Crippen MR) is 43.0 cm³/mol. The van der Waals surface area contributed by atoms with Crippen molar-refractivity contribution in [3.8, 4) is 0 Å². The Morgan fingerprint density at radius 2 is 2.36 bits per heavy atom. The van der Waals surface area contributed by atoms with Crippen LogP contribution in [0.25, 0.3) is 0 Å². The molecule has 0 amide bonds. The molecule has 0 aromatic carbocycles. The summed E-state index contributed by atoms with van der Waals surface area (Å²) in [6, 6.07) is 0. The van der Waals surface area contributed by atoms with Crippen LogP contribution >= 0.6 is 0 Å². The highest BCUT2D eigenvalue weighted by Gasteiger charge is 2.72. The fourth-order valence-electron chi connectivity index (χ4n) is 4.00. The molecule has 0 heterocycles. The van der Waals surface area contributed by atoms with Gasteiger partial charge in [-0.1, -0.05) is 19.4 Å². The lowest BCUT2D eigenvalue weighted by molar-refractivity contribution is -0.133. The zero-order valence-corrected chi connectivity index (χ0v) is 7.09. The largest absolute Gasteiger partial charge is 0.392 e. The summed E-state index contributed by atoms with van der Waals surface area (Å²) in [5.41, 5.74) is 3.58. The van der Waals surface area contributed by atoms with Crippen molar-refractivity contribution in [2.24, 2.45) is 23.2 Å². The lowest BCUT2D eigenvalue weighted by Gasteiger charge is -2.76. The summed E-state index contributed by atoms with van der Waals surface area (Å²) in [7, 11) is 0. The second-order valence-electron chi connectivity index (χ2n) is 4.56. The molecule has 3 aliphatic rings. The van der Waals surface area contributed by atoms with E-state index in [0.717, 1.165) is 17.8 Å². The molecule has 2 fully saturated rings. The van der Waals surface area contributed by atoms with Crippen molar-refractivity contribution in [1.82, 2.24) is 0 Å². The van der Waals surface area contributed by atoms with Gasteiger partial charge in [0.25, 0.3) is 0 Å². The van der Waals surface area contributed by atoms with Crippen molar-refractivity contribution in [2.75, 3.05) is 6.61 Å². The second kappa shape index (κ2) is 1.42. The molecule has 4 unspecified atom stereocenters. The molecule has 0 radical (unpaired) electrons. The van der Waals surface area contributed by atoms with Crippen molar-refractivity contribution in [3.05, 3.63) is 11.1 Å².